The summed E-state index contributed by atoms with van der Waals surface area (Å²) in [7, 11) is 1.59. The molecule has 2 amide bonds. The highest BCUT2D eigenvalue weighted by molar-refractivity contribution is 5.95. The van der Waals surface area contributed by atoms with E-state index in [1.807, 2.05) is 48.5 Å². The first-order valence-electron chi connectivity index (χ1n) is 8.68. The van der Waals surface area contributed by atoms with Gasteiger partial charge in [-0.2, -0.15) is 0 Å². The Morgan fingerprint density at radius 2 is 1.73 bits per heavy atom. The molecule has 0 fully saturated rings. The van der Waals surface area contributed by atoms with Gasteiger partial charge in [-0.1, -0.05) is 50.2 Å². The molecule has 0 aromatic heterocycles. The van der Waals surface area contributed by atoms with Gasteiger partial charge < -0.3 is 15.0 Å². The summed E-state index contributed by atoms with van der Waals surface area (Å²) in [6.45, 7) is 5.92. The summed E-state index contributed by atoms with van der Waals surface area (Å²) in [5.41, 5.74) is 2.72. The number of nitrogens with zero attached hydrogens (tertiary/aromatic N) is 1. The Hall–Kier alpha value is -2.82. The fourth-order valence-corrected chi connectivity index (χ4v) is 2.80. The number of rotatable bonds is 7. The van der Waals surface area contributed by atoms with Crippen molar-refractivity contribution in [2.24, 2.45) is 0 Å². The molecule has 2 rings (SSSR count). The minimum absolute atomic E-state index is 0.0141. The SMILES string of the molecule is COc1ccccc1CN(CC(=O)Nc1ccccc1C(C)C)C(C)=O. The smallest absolute Gasteiger partial charge is 0.244 e. The average Bonchev–Trinajstić information content (AvgIpc) is 2.61. The third kappa shape index (κ3) is 5.09. The summed E-state index contributed by atoms with van der Waals surface area (Å²) in [5, 5.41) is 2.93. The van der Waals surface area contributed by atoms with Crippen molar-refractivity contribution in [1.29, 1.82) is 0 Å². The van der Waals surface area contributed by atoms with Crippen molar-refractivity contribution in [2.75, 3.05) is 19.0 Å². The Kier molecular flexibility index (Phi) is 6.78. The van der Waals surface area contributed by atoms with Crippen LogP contribution in [0.1, 0.15) is 37.8 Å². The molecule has 0 saturated heterocycles. The zero-order chi connectivity index (χ0) is 19.1. The first-order chi connectivity index (χ1) is 12.4. The minimum Gasteiger partial charge on any atom is -0.496 e. The second-order valence-electron chi connectivity index (χ2n) is 6.48. The van der Waals surface area contributed by atoms with Crippen molar-refractivity contribution >= 4 is 17.5 Å². The molecule has 0 bridgehead atoms. The van der Waals surface area contributed by atoms with Gasteiger partial charge in [0.25, 0.3) is 0 Å². The molecule has 0 spiro atoms. The maximum Gasteiger partial charge on any atom is 0.244 e. The lowest BCUT2D eigenvalue weighted by Crippen LogP contribution is -2.36. The Labute approximate surface area is 155 Å². The number of amides is 2. The highest BCUT2D eigenvalue weighted by atomic mass is 16.5. The van der Waals surface area contributed by atoms with Crippen molar-refractivity contribution < 1.29 is 14.3 Å². The lowest BCUT2D eigenvalue weighted by atomic mass is 10.0. The van der Waals surface area contributed by atoms with Crippen molar-refractivity contribution in [3.8, 4) is 5.75 Å². The molecule has 0 heterocycles. The van der Waals surface area contributed by atoms with E-state index in [0.717, 1.165) is 16.8 Å². The van der Waals surface area contributed by atoms with Crippen LogP contribution < -0.4 is 10.1 Å². The normalized spacial score (nSPS) is 10.5. The van der Waals surface area contributed by atoms with Gasteiger partial charge in [-0.15, -0.1) is 0 Å². The van der Waals surface area contributed by atoms with Gasteiger partial charge in [-0.3, -0.25) is 9.59 Å². The largest absolute Gasteiger partial charge is 0.496 e. The summed E-state index contributed by atoms with van der Waals surface area (Å²) in [6.07, 6.45) is 0. The zero-order valence-electron chi connectivity index (χ0n) is 15.8. The zero-order valence-corrected chi connectivity index (χ0v) is 15.8. The van der Waals surface area contributed by atoms with Crippen molar-refractivity contribution in [2.45, 2.75) is 33.2 Å². The lowest BCUT2D eigenvalue weighted by molar-refractivity contribution is -0.133. The predicted octanol–water partition coefficient (Wildman–Crippen LogP) is 3.81. The quantitative estimate of drug-likeness (QED) is 0.823. The van der Waals surface area contributed by atoms with E-state index in [9.17, 15) is 9.59 Å². The molecule has 0 saturated carbocycles. The molecular formula is C21H26N2O3. The molecule has 26 heavy (non-hydrogen) atoms. The summed E-state index contributed by atoms with van der Waals surface area (Å²) in [5.74, 6) is 0.611. The fraction of sp³-hybridized carbons (Fsp3) is 0.333. The standard InChI is InChI=1S/C21H26N2O3/c1-15(2)18-10-6-7-11-19(18)22-21(25)14-23(16(3)24)13-17-9-5-8-12-20(17)26-4/h5-12,15H,13-14H2,1-4H3,(H,22,25). The number of methoxy groups -OCH3 is 1. The van der Waals surface area contributed by atoms with Gasteiger partial charge in [0.1, 0.15) is 12.3 Å². The Morgan fingerprint density at radius 3 is 2.38 bits per heavy atom. The summed E-state index contributed by atoms with van der Waals surface area (Å²) >= 11 is 0. The molecule has 0 radical (unpaired) electrons. The number of benzene rings is 2. The van der Waals surface area contributed by atoms with Gasteiger partial charge in [-0.05, 0) is 23.6 Å². The van der Waals surface area contributed by atoms with Crippen LogP contribution in [0.15, 0.2) is 48.5 Å². The van der Waals surface area contributed by atoms with E-state index in [1.165, 1.54) is 11.8 Å². The van der Waals surface area contributed by atoms with E-state index in [-0.39, 0.29) is 18.4 Å². The molecular weight excluding hydrogens is 328 g/mol. The highest BCUT2D eigenvalue weighted by Crippen LogP contribution is 2.24. The fourth-order valence-electron chi connectivity index (χ4n) is 2.80. The molecule has 138 valence electrons. The predicted molar refractivity (Wildman–Crippen MR) is 103 cm³/mol. The van der Waals surface area contributed by atoms with E-state index < -0.39 is 0 Å². The maximum atomic E-state index is 12.5. The van der Waals surface area contributed by atoms with Gasteiger partial charge in [-0.25, -0.2) is 0 Å². The van der Waals surface area contributed by atoms with E-state index in [1.54, 1.807) is 7.11 Å². The first-order valence-corrected chi connectivity index (χ1v) is 8.68. The van der Waals surface area contributed by atoms with Crippen LogP contribution in [0.4, 0.5) is 5.69 Å². The molecule has 2 aromatic carbocycles. The molecule has 0 atom stereocenters. The Balaban J connectivity index is 2.10. The topological polar surface area (TPSA) is 58.6 Å². The number of para-hydroxylation sites is 2. The van der Waals surface area contributed by atoms with Gasteiger partial charge in [0, 0.05) is 24.7 Å². The van der Waals surface area contributed by atoms with E-state index in [4.69, 9.17) is 4.74 Å². The number of hydrogen-bond donors (Lipinski definition) is 1. The second-order valence-corrected chi connectivity index (χ2v) is 6.48. The number of carbonyl (C=O) groups excluding carboxylic acids is 2. The van der Waals surface area contributed by atoms with Crippen molar-refractivity contribution in [1.82, 2.24) is 4.90 Å². The number of nitrogens with one attached hydrogen (secondary N) is 1. The Morgan fingerprint density at radius 1 is 1.08 bits per heavy atom. The molecule has 0 aliphatic heterocycles. The van der Waals surface area contributed by atoms with Crippen molar-refractivity contribution in [3.05, 3.63) is 59.7 Å². The molecule has 2 aromatic rings. The molecule has 0 unspecified atom stereocenters. The van der Waals surface area contributed by atoms with E-state index in [2.05, 4.69) is 19.2 Å². The van der Waals surface area contributed by atoms with Crippen LogP contribution >= 0.6 is 0 Å². The van der Waals surface area contributed by atoms with Gasteiger partial charge >= 0.3 is 0 Å². The molecule has 0 aliphatic rings. The summed E-state index contributed by atoms with van der Waals surface area (Å²) < 4.78 is 5.33. The molecule has 5 heteroatoms. The van der Waals surface area contributed by atoms with Gasteiger partial charge in [0.05, 0.1) is 7.11 Å². The summed E-state index contributed by atoms with van der Waals surface area (Å²) in [6, 6.07) is 15.2. The van der Waals surface area contributed by atoms with Crippen LogP contribution in [0, 0.1) is 0 Å². The number of hydrogen-bond acceptors (Lipinski definition) is 3. The van der Waals surface area contributed by atoms with Crippen molar-refractivity contribution in [3.63, 3.8) is 0 Å². The number of anilines is 1. The number of ether oxygens (including phenoxy) is 1. The monoisotopic (exact) mass is 354 g/mol. The molecule has 0 aliphatic carbocycles. The van der Waals surface area contributed by atoms with Crippen LogP contribution in [0.25, 0.3) is 0 Å². The number of carbonyl (C=O) groups is 2. The molecule has 1 N–H and O–H groups in total. The third-order valence-electron chi connectivity index (χ3n) is 4.19. The average molecular weight is 354 g/mol. The van der Waals surface area contributed by atoms with Crippen LogP contribution in [-0.2, 0) is 16.1 Å². The third-order valence-corrected chi connectivity index (χ3v) is 4.19. The van der Waals surface area contributed by atoms with Gasteiger partial charge in [0.15, 0.2) is 0 Å². The highest BCUT2D eigenvalue weighted by Gasteiger charge is 2.17. The summed E-state index contributed by atoms with van der Waals surface area (Å²) in [4.78, 5) is 26.0. The Bertz CT molecular complexity index is 771. The molecule has 5 nitrogen and oxygen atoms in total. The van der Waals surface area contributed by atoms with Crippen LogP contribution in [-0.4, -0.2) is 30.4 Å². The van der Waals surface area contributed by atoms with E-state index >= 15 is 0 Å². The van der Waals surface area contributed by atoms with Gasteiger partial charge in [0.2, 0.25) is 11.8 Å². The first kappa shape index (κ1) is 19.5. The van der Waals surface area contributed by atoms with Crippen LogP contribution in [0.3, 0.4) is 0 Å². The lowest BCUT2D eigenvalue weighted by Gasteiger charge is -2.22. The maximum absolute atomic E-state index is 12.5. The van der Waals surface area contributed by atoms with E-state index in [0.29, 0.717) is 18.2 Å². The van der Waals surface area contributed by atoms with Crippen LogP contribution in [0.2, 0.25) is 0 Å². The minimum atomic E-state index is -0.219. The van der Waals surface area contributed by atoms with Crippen LogP contribution in [0.5, 0.6) is 5.75 Å². The second kappa shape index (κ2) is 9.04.